The molecule has 1 atom stereocenters. The Hall–Kier alpha value is -1.01. The quantitative estimate of drug-likeness (QED) is 0.736. The Bertz CT molecular complexity index is 313. The molecule has 0 saturated carbocycles. The van der Waals surface area contributed by atoms with Gasteiger partial charge in [-0.3, -0.25) is 0 Å². The molecule has 0 spiro atoms. The van der Waals surface area contributed by atoms with Gasteiger partial charge in [0, 0.05) is 7.11 Å². The molecule has 0 aromatic carbocycles. The molecule has 17 heavy (non-hydrogen) atoms. The average molecular weight is 241 g/mol. The van der Waals surface area contributed by atoms with Crippen LogP contribution in [-0.4, -0.2) is 40.5 Å². The molecule has 6 nitrogen and oxygen atoms in total. The van der Waals surface area contributed by atoms with Crippen molar-refractivity contribution in [2.45, 2.75) is 39.8 Å². The molecule has 1 heterocycles. The second kappa shape index (κ2) is 7.34. The summed E-state index contributed by atoms with van der Waals surface area (Å²) in [6, 6.07) is 0.214. The molecule has 0 bridgehead atoms. The summed E-state index contributed by atoms with van der Waals surface area (Å²) in [5.41, 5.74) is 0. The highest BCUT2D eigenvalue weighted by Gasteiger charge is 2.15. The van der Waals surface area contributed by atoms with Crippen LogP contribution in [0.5, 0.6) is 0 Å². The van der Waals surface area contributed by atoms with E-state index in [1.807, 2.05) is 4.68 Å². The number of tetrazole rings is 1. The molecule has 0 saturated heterocycles. The van der Waals surface area contributed by atoms with Crippen LogP contribution in [-0.2, 0) is 11.3 Å². The molecule has 6 heteroatoms. The maximum absolute atomic E-state index is 5.18. The normalized spacial score (nSPS) is 13.2. The largest absolute Gasteiger partial charge is 0.382 e. The van der Waals surface area contributed by atoms with E-state index in [4.69, 9.17) is 4.74 Å². The number of nitrogens with zero attached hydrogens (tertiary/aromatic N) is 4. The van der Waals surface area contributed by atoms with E-state index < -0.39 is 0 Å². The van der Waals surface area contributed by atoms with Gasteiger partial charge in [0.2, 0.25) is 0 Å². The summed E-state index contributed by atoms with van der Waals surface area (Å²) in [7, 11) is 1.70. The summed E-state index contributed by atoms with van der Waals surface area (Å²) in [4.78, 5) is 0. The second-order valence-electron chi connectivity index (χ2n) is 4.58. The first-order valence-corrected chi connectivity index (χ1v) is 6.15. The molecule has 0 aliphatic heterocycles. The number of hydrogen-bond donors (Lipinski definition) is 1. The summed E-state index contributed by atoms with van der Waals surface area (Å²) in [6.45, 7) is 8.76. The molecular formula is C11H23N5O. The molecule has 0 amide bonds. The lowest BCUT2D eigenvalue weighted by Crippen LogP contribution is -2.24. The molecule has 98 valence electrons. The van der Waals surface area contributed by atoms with Crippen LogP contribution in [0, 0.1) is 5.92 Å². The lowest BCUT2D eigenvalue weighted by molar-refractivity contribution is 0.144. The minimum Gasteiger partial charge on any atom is -0.382 e. The maximum atomic E-state index is 5.18. The monoisotopic (exact) mass is 241 g/mol. The van der Waals surface area contributed by atoms with Gasteiger partial charge >= 0.3 is 0 Å². The zero-order valence-electron chi connectivity index (χ0n) is 11.2. The van der Waals surface area contributed by atoms with Crippen LogP contribution in [0.2, 0.25) is 0 Å². The Morgan fingerprint density at radius 2 is 2.18 bits per heavy atom. The smallest absolute Gasteiger partial charge is 0.165 e. The van der Waals surface area contributed by atoms with Gasteiger partial charge in [-0.05, 0) is 29.3 Å². The molecule has 1 N–H and O–H groups in total. The highest BCUT2D eigenvalue weighted by atomic mass is 16.5. The van der Waals surface area contributed by atoms with E-state index in [2.05, 4.69) is 41.6 Å². The fourth-order valence-electron chi connectivity index (χ4n) is 1.64. The molecule has 0 aliphatic carbocycles. The van der Waals surface area contributed by atoms with Crippen molar-refractivity contribution in [3.05, 3.63) is 5.82 Å². The summed E-state index contributed by atoms with van der Waals surface area (Å²) >= 11 is 0. The molecule has 0 aliphatic rings. The van der Waals surface area contributed by atoms with E-state index >= 15 is 0 Å². The van der Waals surface area contributed by atoms with Gasteiger partial charge in [-0.15, -0.1) is 5.10 Å². The Morgan fingerprint density at radius 1 is 1.41 bits per heavy atom. The lowest BCUT2D eigenvalue weighted by atomic mass is 10.2. The first-order chi connectivity index (χ1) is 8.19. The third kappa shape index (κ3) is 4.40. The Labute approximate surface area is 103 Å². The van der Waals surface area contributed by atoms with Crippen LogP contribution in [0.3, 0.4) is 0 Å². The van der Waals surface area contributed by atoms with Crippen molar-refractivity contribution >= 4 is 0 Å². The van der Waals surface area contributed by atoms with E-state index in [-0.39, 0.29) is 6.04 Å². The van der Waals surface area contributed by atoms with Gasteiger partial charge in [-0.25, -0.2) is 4.68 Å². The molecular weight excluding hydrogens is 218 g/mol. The first kappa shape index (κ1) is 14.1. The van der Waals surface area contributed by atoms with Crippen molar-refractivity contribution in [2.24, 2.45) is 5.92 Å². The van der Waals surface area contributed by atoms with Crippen molar-refractivity contribution in [2.75, 3.05) is 20.3 Å². The third-order valence-electron chi connectivity index (χ3n) is 2.57. The van der Waals surface area contributed by atoms with Gasteiger partial charge in [0.25, 0.3) is 0 Å². The predicted octanol–water partition coefficient (Wildman–Crippen LogP) is 1.02. The van der Waals surface area contributed by atoms with Gasteiger partial charge in [0.1, 0.15) is 0 Å². The third-order valence-corrected chi connectivity index (χ3v) is 2.57. The fraction of sp³-hybridized carbons (Fsp3) is 0.909. The molecule has 1 aromatic rings. The van der Waals surface area contributed by atoms with Gasteiger partial charge < -0.3 is 10.1 Å². The minimum atomic E-state index is 0.214. The summed E-state index contributed by atoms with van der Waals surface area (Å²) in [5, 5.41) is 15.2. The first-order valence-electron chi connectivity index (χ1n) is 6.15. The fourth-order valence-corrected chi connectivity index (χ4v) is 1.64. The predicted molar refractivity (Wildman–Crippen MR) is 65.6 cm³/mol. The highest BCUT2D eigenvalue weighted by Crippen LogP contribution is 2.11. The molecule has 1 rings (SSSR count). The van der Waals surface area contributed by atoms with Crippen LogP contribution in [0.4, 0.5) is 0 Å². The van der Waals surface area contributed by atoms with Gasteiger partial charge in [-0.2, -0.15) is 0 Å². The highest BCUT2D eigenvalue weighted by molar-refractivity contribution is 4.83. The Morgan fingerprint density at radius 3 is 2.76 bits per heavy atom. The molecule has 0 fully saturated rings. The summed E-state index contributed by atoms with van der Waals surface area (Å²) in [5.74, 6) is 1.50. The van der Waals surface area contributed by atoms with E-state index in [0.717, 1.165) is 18.8 Å². The number of ether oxygens (including phenoxy) is 1. The molecule has 1 unspecified atom stereocenters. The standard InChI is InChI=1S/C11H23N5O/c1-5-10(8-17-4)16-11(13-14-15-16)7-12-6-9(2)3/h9-10,12H,5-8H2,1-4H3. The summed E-state index contributed by atoms with van der Waals surface area (Å²) < 4.78 is 7.04. The topological polar surface area (TPSA) is 64.9 Å². The van der Waals surface area contributed by atoms with Crippen molar-refractivity contribution in [1.82, 2.24) is 25.5 Å². The second-order valence-corrected chi connectivity index (χ2v) is 4.58. The molecule has 0 radical (unpaired) electrons. The van der Waals surface area contributed by atoms with E-state index in [9.17, 15) is 0 Å². The number of rotatable bonds is 8. The Kier molecular flexibility index (Phi) is 6.07. The van der Waals surface area contributed by atoms with Crippen molar-refractivity contribution in [3.8, 4) is 0 Å². The zero-order chi connectivity index (χ0) is 12.7. The van der Waals surface area contributed by atoms with Crippen molar-refractivity contribution in [1.29, 1.82) is 0 Å². The van der Waals surface area contributed by atoms with Crippen LogP contribution >= 0.6 is 0 Å². The lowest BCUT2D eigenvalue weighted by Gasteiger charge is -2.15. The SMILES string of the molecule is CCC(COC)n1nnnc1CNCC(C)C. The van der Waals surface area contributed by atoms with Crippen LogP contribution in [0.1, 0.15) is 39.1 Å². The van der Waals surface area contributed by atoms with Gasteiger partial charge in [-0.1, -0.05) is 20.8 Å². The number of methoxy groups -OCH3 is 1. The zero-order valence-corrected chi connectivity index (χ0v) is 11.2. The van der Waals surface area contributed by atoms with Crippen LogP contribution in [0.25, 0.3) is 0 Å². The number of hydrogen-bond acceptors (Lipinski definition) is 5. The van der Waals surface area contributed by atoms with Gasteiger partial charge in [0.15, 0.2) is 5.82 Å². The summed E-state index contributed by atoms with van der Waals surface area (Å²) in [6.07, 6.45) is 0.954. The van der Waals surface area contributed by atoms with E-state index in [0.29, 0.717) is 19.1 Å². The average Bonchev–Trinajstić information content (AvgIpc) is 2.73. The Balaban J connectivity index is 2.57. The maximum Gasteiger partial charge on any atom is 0.165 e. The number of nitrogens with one attached hydrogen (secondary N) is 1. The van der Waals surface area contributed by atoms with Crippen LogP contribution in [0.15, 0.2) is 0 Å². The van der Waals surface area contributed by atoms with Crippen LogP contribution < -0.4 is 5.32 Å². The van der Waals surface area contributed by atoms with E-state index in [1.165, 1.54) is 0 Å². The molecule has 1 aromatic heterocycles. The van der Waals surface area contributed by atoms with Crippen molar-refractivity contribution < 1.29 is 4.74 Å². The minimum absolute atomic E-state index is 0.214. The van der Waals surface area contributed by atoms with Gasteiger partial charge in [0.05, 0.1) is 19.2 Å². The number of aromatic nitrogens is 4. The van der Waals surface area contributed by atoms with E-state index in [1.54, 1.807) is 7.11 Å². The van der Waals surface area contributed by atoms with Crippen molar-refractivity contribution in [3.63, 3.8) is 0 Å².